The van der Waals surface area contributed by atoms with Crippen LogP contribution >= 0.6 is 15.9 Å². The normalized spacial score (nSPS) is 10.4. The van der Waals surface area contributed by atoms with Crippen molar-refractivity contribution in [2.45, 2.75) is 0 Å². The number of non-ortho nitro benzene ring substituents is 1. The van der Waals surface area contributed by atoms with Gasteiger partial charge in [0.1, 0.15) is 0 Å². The Balaban J connectivity index is 2.58. The minimum atomic E-state index is -0.412. The molecule has 2 aromatic rings. The Labute approximate surface area is 100.0 Å². The Morgan fingerprint density at radius 3 is 2.75 bits per heavy atom. The van der Waals surface area contributed by atoms with E-state index in [2.05, 4.69) is 21.0 Å². The quantitative estimate of drug-likeness (QED) is 0.628. The molecule has 16 heavy (non-hydrogen) atoms. The first-order valence-corrected chi connectivity index (χ1v) is 5.30. The molecule has 1 aromatic heterocycles. The van der Waals surface area contributed by atoms with Gasteiger partial charge in [0.25, 0.3) is 5.69 Å². The molecule has 0 spiro atoms. The summed E-state index contributed by atoms with van der Waals surface area (Å²) in [5.74, 6) is 0. The first-order valence-electron chi connectivity index (χ1n) is 4.51. The zero-order chi connectivity index (χ0) is 11.7. The summed E-state index contributed by atoms with van der Waals surface area (Å²) < 4.78 is 2.35. The van der Waals surface area contributed by atoms with E-state index in [4.69, 9.17) is 0 Å². The fourth-order valence-corrected chi connectivity index (χ4v) is 1.97. The average Bonchev–Trinajstić information content (AvgIpc) is 2.63. The lowest BCUT2D eigenvalue weighted by Gasteiger charge is -2.03. The molecule has 1 aromatic carbocycles. The van der Waals surface area contributed by atoms with Crippen molar-refractivity contribution < 1.29 is 4.92 Å². The number of rotatable bonds is 2. The second-order valence-electron chi connectivity index (χ2n) is 3.30. The Kier molecular flexibility index (Phi) is 2.74. The van der Waals surface area contributed by atoms with Crippen molar-refractivity contribution in [2.75, 3.05) is 0 Å². The summed E-state index contributed by atoms with van der Waals surface area (Å²) in [6.45, 7) is 0. The van der Waals surface area contributed by atoms with Gasteiger partial charge in [-0.1, -0.05) is 15.9 Å². The number of nitrogens with zero attached hydrogens (tertiary/aromatic N) is 3. The molecule has 0 amide bonds. The van der Waals surface area contributed by atoms with Crippen LogP contribution in [-0.2, 0) is 7.05 Å². The van der Waals surface area contributed by atoms with E-state index in [0.29, 0.717) is 4.47 Å². The molecule has 0 unspecified atom stereocenters. The molecule has 0 aliphatic heterocycles. The fraction of sp³-hybridized carbons (Fsp3) is 0.100. The summed E-state index contributed by atoms with van der Waals surface area (Å²) in [6, 6.07) is 6.64. The number of aromatic nitrogens is 2. The number of nitro benzene ring substituents is 1. The van der Waals surface area contributed by atoms with Gasteiger partial charge in [0.15, 0.2) is 0 Å². The van der Waals surface area contributed by atoms with Crippen LogP contribution in [0.3, 0.4) is 0 Å². The third-order valence-corrected chi connectivity index (χ3v) is 2.67. The van der Waals surface area contributed by atoms with Crippen LogP contribution < -0.4 is 0 Å². The number of nitro groups is 1. The predicted octanol–water partition coefficient (Wildman–Crippen LogP) is 2.76. The smallest absolute Gasteiger partial charge is 0.268 e. The van der Waals surface area contributed by atoms with Gasteiger partial charge in [-0.15, -0.1) is 0 Å². The van der Waals surface area contributed by atoms with Crippen LogP contribution in [0.5, 0.6) is 0 Å². The van der Waals surface area contributed by atoms with Crippen LogP contribution in [-0.4, -0.2) is 14.7 Å². The molecule has 1 heterocycles. The minimum absolute atomic E-state index is 0.0607. The van der Waals surface area contributed by atoms with Crippen LogP contribution in [0.2, 0.25) is 0 Å². The van der Waals surface area contributed by atoms with Gasteiger partial charge < -0.3 is 0 Å². The SMILES string of the molecule is Cn1nccc1-c1cc(Br)cc([N+](=O)[O-])c1. The van der Waals surface area contributed by atoms with Crippen molar-refractivity contribution in [3.63, 3.8) is 0 Å². The molecule has 6 heteroatoms. The maximum absolute atomic E-state index is 10.7. The Morgan fingerprint density at radius 1 is 1.44 bits per heavy atom. The average molecular weight is 282 g/mol. The number of aryl methyl sites for hydroxylation is 1. The highest BCUT2D eigenvalue weighted by Crippen LogP contribution is 2.27. The van der Waals surface area contributed by atoms with Crippen molar-refractivity contribution >= 4 is 21.6 Å². The van der Waals surface area contributed by atoms with E-state index in [1.54, 1.807) is 17.9 Å². The van der Waals surface area contributed by atoms with Crippen LogP contribution in [0.4, 0.5) is 5.69 Å². The van der Waals surface area contributed by atoms with Crippen molar-refractivity contribution in [3.05, 3.63) is 45.0 Å². The lowest BCUT2D eigenvalue weighted by atomic mass is 10.1. The number of hydrogen-bond acceptors (Lipinski definition) is 3. The molecule has 0 aliphatic rings. The zero-order valence-corrected chi connectivity index (χ0v) is 10.0. The Bertz CT molecular complexity index is 551. The van der Waals surface area contributed by atoms with Gasteiger partial charge in [-0.2, -0.15) is 5.10 Å². The van der Waals surface area contributed by atoms with E-state index in [1.165, 1.54) is 12.1 Å². The van der Waals surface area contributed by atoms with Crippen molar-refractivity contribution in [2.24, 2.45) is 7.05 Å². The molecule has 0 saturated carbocycles. The van der Waals surface area contributed by atoms with E-state index < -0.39 is 4.92 Å². The van der Waals surface area contributed by atoms with E-state index in [-0.39, 0.29) is 5.69 Å². The van der Waals surface area contributed by atoms with Crippen LogP contribution in [0.1, 0.15) is 0 Å². The number of hydrogen-bond donors (Lipinski definition) is 0. The Hall–Kier alpha value is -1.69. The molecule has 0 saturated heterocycles. The molecule has 0 N–H and O–H groups in total. The van der Waals surface area contributed by atoms with Gasteiger partial charge in [-0.05, 0) is 12.1 Å². The largest absolute Gasteiger partial charge is 0.271 e. The molecule has 0 atom stereocenters. The lowest BCUT2D eigenvalue weighted by molar-refractivity contribution is -0.384. The van der Waals surface area contributed by atoms with Crippen LogP contribution in [0.15, 0.2) is 34.9 Å². The second kappa shape index (κ2) is 4.05. The topological polar surface area (TPSA) is 61.0 Å². The molecule has 82 valence electrons. The summed E-state index contributed by atoms with van der Waals surface area (Å²) in [4.78, 5) is 10.3. The van der Waals surface area contributed by atoms with Gasteiger partial charge in [0.05, 0.1) is 10.6 Å². The first kappa shape index (κ1) is 10.8. The number of benzene rings is 1. The second-order valence-corrected chi connectivity index (χ2v) is 4.21. The molecule has 2 rings (SSSR count). The van der Waals surface area contributed by atoms with Crippen molar-refractivity contribution in [1.82, 2.24) is 9.78 Å². The van der Waals surface area contributed by atoms with Crippen molar-refractivity contribution in [1.29, 1.82) is 0 Å². The third-order valence-electron chi connectivity index (χ3n) is 2.21. The van der Waals surface area contributed by atoms with E-state index in [9.17, 15) is 10.1 Å². The summed E-state index contributed by atoms with van der Waals surface area (Å²) in [5.41, 5.74) is 1.66. The molecule has 0 fully saturated rings. The highest BCUT2D eigenvalue weighted by molar-refractivity contribution is 9.10. The van der Waals surface area contributed by atoms with Gasteiger partial charge in [0.2, 0.25) is 0 Å². The molecule has 0 aliphatic carbocycles. The monoisotopic (exact) mass is 281 g/mol. The highest BCUT2D eigenvalue weighted by Gasteiger charge is 2.11. The zero-order valence-electron chi connectivity index (χ0n) is 8.42. The van der Waals surface area contributed by atoms with Gasteiger partial charge in [-0.25, -0.2) is 0 Å². The van der Waals surface area contributed by atoms with Crippen LogP contribution in [0, 0.1) is 10.1 Å². The van der Waals surface area contributed by atoms with E-state index in [0.717, 1.165) is 11.3 Å². The van der Waals surface area contributed by atoms with E-state index >= 15 is 0 Å². The third kappa shape index (κ3) is 1.96. The maximum atomic E-state index is 10.7. The molecule has 5 nitrogen and oxygen atoms in total. The first-order chi connectivity index (χ1) is 7.58. The van der Waals surface area contributed by atoms with Gasteiger partial charge >= 0.3 is 0 Å². The summed E-state index contributed by atoms with van der Waals surface area (Å²) >= 11 is 3.26. The molecule has 0 bridgehead atoms. The summed E-state index contributed by atoms with van der Waals surface area (Å²) in [7, 11) is 1.79. The van der Waals surface area contributed by atoms with Crippen LogP contribution in [0.25, 0.3) is 11.3 Å². The number of halogens is 1. The lowest BCUT2D eigenvalue weighted by Crippen LogP contribution is -1.94. The fourth-order valence-electron chi connectivity index (χ4n) is 1.48. The Morgan fingerprint density at radius 2 is 2.19 bits per heavy atom. The van der Waals surface area contributed by atoms with Gasteiger partial charge in [-0.3, -0.25) is 14.8 Å². The highest BCUT2D eigenvalue weighted by atomic mass is 79.9. The summed E-state index contributed by atoms with van der Waals surface area (Å²) in [5, 5.41) is 14.8. The molecule has 0 radical (unpaired) electrons. The van der Waals surface area contributed by atoms with Crippen molar-refractivity contribution in [3.8, 4) is 11.3 Å². The summed E-state index contributed by atoms with van der Waals surface area (Å²) in [6.07, 6.45) is 1.65. The molecular weight excluding hydrogens is 274 g/mol. The van der Waals surface area contributed by atoms with Gasteiger partial charge in [0, 0.05) is 35.4 Å². The maximum Gasteiger partial charge on any atom is 0.271 e. The van der Waals surface area contributed by atoms with E-state index in [1.807, 2.05) is 12.1 Å². The predicted molar refractivity (Wildman–Crippen MR) is 63.0 cm³/mol. The minimum Gasteiger partial charge on any atom is -0.268 e. The molecular formula is C10H8BrN3O2. The standard InChI is InChI=1S/C10H8BrN3O2/c1-13-10(2-3-12-13)7-4-8(11)6-9(5-7)14(15)16/h2-6H,1H3.